The first-order valence-electron chi connectivity index (χ1n) is 6.15. The molecule has 2 rings (SSSR count). The molecular formula is C13H13F3N4O. The van der Waals surface area contributed by atoms with Crippen LogP contribution in [0.5, 0.6) is 0 Å². The van der Waals surface area contributed by atoms with E-state index < -0.39 is 17.8 Å². The second-order valence-corrected chi connectivity index (χ2v) is 4.23. The molecule has 0 aliphatic rings. The van der Waals surface area contributed by atoms with Crippen molar-refractivity contribution in [1.82, 2.24) is 15.1 Å². The molecule has 0 aliphatic carbocycles. The lowest BCUT2D eigenvalue weighted by Gasteiger charge is -2.10. The van der Waals surface area contributed by atoms with Gasteiger partial charge >= 0.3 is 12.2 Å². The zero-order valence-electron chi connectivity index (χ0n) is 10.9. The minimum absolute atomic E-state index is 0.0846. The molecule has 1 aromatic heterocycles. The van der Waals surface area contributed by atoms with E-state index in [2.05, 4.69) is 15.7 Å². The standard InChI is InChI=1S/C13H13F3N4O/c14-13(15,16)10-3-1-4-11(9-10)19-12(21)17-6-8-20-7-2-5-18-20/h1-5,7,9H,6,8H2,(H2,17,19,21). The first kappa shape index (κ1) is 14.9. The van der Waals surface area contributed by atoms with Gasteiger partial charge in [-0.15, -0.1) is 0 Å². The molecule has 0 spiro atoms. The zero-order chi connectivity index (χ0) is 15.3. The third-order valence-corrected chi connectivity index (χ3v) is 2.63. The Morgan fingerprint density at radius 2 is 2.10 bits per heavy atom. The van der Waals surface area contributed by atoms with E-state index >= 15 is 0 Å². The van der Waals surface area contributed by atoms with Crippen LogP contribution < -0.4 is 10.6 Å². The van der Waals surface area contributed by atoms with E-state index in [-0.39, 0.29) is 5.69 Å². The number of hydrogen-bond donors (Lipinski definition) is 2. The summed E-state index contributed by atoms with van der Waals surface area (Å²) < 4.78 is 39.2. The molecule has 0 radical (unpaired) electrons. The number of carbonyl (C=O) groups is 1. The third-order valence-electron chi connectivity index (χ3n) is 2.63. The van der Waals surface area contributed by atoms with Gasteiger partial charge in [0.1, 0.15) is 0 Å². The molecule has 0 atom stereocenters. The molecule has 0 aliphatic heterocycles. The number of alkyl halides is 3. The summed E-state index contributed by atoms with van der Waals surface area (Å²) in [5.41, 5.74) is -0.724. The summed E-state index contributed by atoms with van der Waals surface area (Å²) in [5.74, 6) is 0. The number of rotatable bonds is 4. The molecular weight excluding hydrogens is 285 g/mol. The highest BCUT2D eigenvalue weighted by Crippen LogP contribution is 2.30. The molecule has 21 heavy (non-hydrogen) atoms. The number of amides is 2. The first-order chi connectivity index (χ1) is 9.95. The van der Waals surface area contributed by atoms with Gasteiger partial charge in [0, 0.05) is 24.6 Å². The van der Waals surface area contributed by atoms with Gasteiger partial charge in [0.25, 0.3) is 0 Å². The number of nitrogens with one attached hydrogen (secondary N) is 2. The summed E-state index contributed by atoms with van der Waals surface area (Å²) in [4.78, 5) is 11.6. The molecule has 8 heteroatoms. The number of carbonyl (C=O) groups excluding carboxylic acids is 1. The summed E-state index contributed by atoms with van der Waals surface area (Å²) in [6.07, 6.45) is -1.08. The largest absolute Gasteiger partial charge is 0.416 e. The Bertz CT molecular complexity index is 596. The van der Waals surface area contributed by atoms with Crippen LogP contribution >= 0.6 is 0 Å². The molecule has 112 valence electrons. The molecule has 0 unspecified atom stereocenters. The van der Waals surface area contributed by atoms with Gasteiger partial charge in [-0.3, -0.25) is 4.68 Å². The zero-order valence-corrected chi connectivity index (χ0v) is 10.9. The van der Waals surface area contributed by atoms with Gasteiger partial charge in [0.2, 0.25) is 0 Å². The number of anilines is 1. The van der Waals surface area contributed by atoms with Crippen molar-refractivity contribution in [1.29, 1.82) is 0 Å². The van der Waals surface area contributed by atoms with Gasteiger partial charge in [-0.1, -0.05) is 6.07 Å². The Morgan fingerprint density at radius 3 is 2.76 bits per heavy atom. The van der Waals surface area contributed by atoms with Crippen molar-refractivity contribution >= 4 is 11.7 Å². The number of nitrogens with zero attached hydrogens (tertiary/aromatic N) is 2. The van der Waals surface area contributed by atoms with Crippen molar-refractivity contribution in [2.24, 2.45) is 0 Å². The maximum absolute atomic E-state index is 12.5. The van der Waals surface area contributed by atoms with E-state index in [4.69, 9.17) is 0 Å². The molecule has 1 heterocycles. The van der Waals surface area contributed by atoms with Crippen LogP contribution in [0.25, 0.3) is 0 Å². The molecule has 2 N–H and O–H groups in total. The van der Waals surface area contributed by atoms with Gasteiger partial charge < -0.3 is 10.6 Å². The van der Waals surface area contributed by atoms with Gasteiger partial charge in [-0.25, -0.2) is 4.79 Å². The van der Waals surface area contributed by atoms with Crippen LogP contribution in [0.2, 0.25) is 0 Å². The highest BCUT2D eigenvalue weighted by Gasteiger charge is 2.30. The molecule has 0 bridgehead atoms. The first-order valence-corrected chi connectivity index (χ1v) is 6.15. The van der Waals surface area contributed by atoms with Crippen molar-refractivity contribution in [3.8, 4) is 0 Å². The fourth-order valence-corrected chi connectivity index (χ4v) is 1.67. The molecule has 0 saturated carbocycles. The third kappa shape index (κ3) is 4.51. The van der Waals surface area contributed by atoms with Crippen LogP contribution in [0.3, 0.4) is 0 Å². The lowest BCUT2D eigenvalue weighted by atomic mass is 10.2. The fourth-order valence-electron chi connectivity index (χ4n) is 1.67. The number of benzene rings is 1. The number of halogens is 3. The van der Waals surface area contributed by atoms with E-state index in [0.29, 0.717) is 13.1 Å². The lowest BCUT2D eigenvalue weighted by Crippen LogP contribution is -2.31. The summed E-state index contributed by atoms with van der Waals surface area (Å²) in [6.45, 7) is 0.787. The highest BCUT2D eigenvalue weighted by atomic mass is 19.4. The molecule has 0 fully saturated rings. The maximum Gasteiger partial charge on any atom is 0.416 e. The topological polar surface area (TPSA) is 59.0 Å². The van der Waals surface area contributed by atoms with Crippen LogP contribution in [0.15, 0.2) is 42.7 Å². The monoisotopic (exact) mass is 298 g/mol. The lowest BCUT2D eigenvalue weighted by molar-refractivity contribution is -0.137. The van der Waals surface area contributed by atoms with Crippen molar-refractivity contribution in [3.63, 3.8) is 0 Å². The Hall–Kier alpha value is -2.51. The second-order valence-electron chi connectivity index (χ2n) is 4.23. The van der Waals surface area contributed by atoms with Crippen LogP contribution in [0.4, 0.5) is 23.7 Å². The van der Waals surface area contributed by atoms with E-state index in [9.17, 15) is 18.0 Å². The van der Waals surface area contributed by atoms with E-state index in [1.807, 2.05) is 0 Å². The van der Waals surface area contributed by atoms with Gasteiger partial charge in [0.05, 0.1) is 12.1 Å². The average Bonchev–Trinajstić information content (AvgIpc) is 2.91. The Labute approximate surface area is 118 Å². The van der Waals surface area contributed by atoms with Crippen molar-refractivity contribution in [2.45, 2.75) is 12.7 Å². The minimum Gasteiger partial charge on any atom is -0.336 e. The van der Waals surface area contributed by atoms with E-state index in [1.54, 1.807) is 23.1 Å². The normalized spacial score (nSPS) is 11.2. The number of hydrogen-bond acceptors (Lipinski definition) is 2. The summed E-state index contributed by atoms with van der Waals surface area (Å²) in [6, 6.07) is 5.64. The Kier molecular flexibility index (Phi) is 4.46. The van der Waals surface area contributed by atoms with Crippen LogP contribution in [-0.2, 0) is 12.7 Å². The van der Waals surface area contributed by atoms with Gasteiger partial charge in [-0.05, 0) is 24.3 Å². The van der Waals surface area contributed by atoms with Crippen molar-refractivity contribution in [3.05, 3.63) is 48.3 Å². The molecule has 5 nitrogen and oxygen atoms in total. The van der Waals surface area contributed by atoms with E-state index in [0.717, 1.165) is 12.1 Å². The molecule has 2 aromatic rings. The second kappa shape index (κ2) is 6.29. The molecule has 0 saturated heterocycles. The average molecular weight is 298 g/mol. The van der Waals surface area contributed by atoms with Gasteiger partial charge in [0.15, 0.2) is 0 Å². The Balaban J connectivity index is 1.85. The summed E-state index contributed by atoms with van der Waals surface area (Å²) in [7, 11) is 0. The predicted molar refractivity (Wildman–Crippen MR) is 70.7 cm³/mol. The maximum atomic E-state index is 12.5. The quantitative estimate of drug-likeness (QED) is 0.912. The van der Waals surface area contributed by atoms with Crippen LogP contribution in [-0.4, -0.2) is 22.4 Å². The smallest absolute Gasteiger partial charge is 0.336 e. The minimum atomic E-state index is -4.44. The summed E-state index contributed by atoms with van der Waals surface area (Å²) in [5, 5.41) is 8.85. The van der Waals surface area contributed by atoms with Crippen LogP contribution in [0.1, 0.15) is 5.56 Å². The van der Waals surface area contributed by atoms with Crippen molar-refractivity contribution < 1.29 is 18.0 Å². The predicted octanol–water partition coefficient (Wildman–Crippen LogP) is 2.72. The van der Waals surface area contributed by atoms with Gasteiger partial charge in [-0.2, -0.15) is 18.3 Å². The number of aromatic nitrogens is 2. The van der Waals surface area contributed by atoms with Crippen LogP contribution in [0, 0.1) is 0 Å². The molecule has 2 amide bonds. The number of urea groups is 1. The van der Waals surface area contributed by atoms with E-state index in [1.165, 1.54) is 12.1 Å². The Morgan fingerprint density at radius 1 is 1.29 bits per heavy atom. The van der Waals surface area contributed by atoms with Crippen molar-refractivity contribution in [2.75, 3.05) is 11.9 Å². The fraction of sp³-hybridized carbons (Fsp3) is 0.231. The SMILES string of the molecule is O=C(NCCn1cccn1)Nc1cccc(C(F)(F)F)c1. The highest BCUT2D eigenvalue weighted by molar-refractivity contribution is 5.89. The molecule has 1 aromatic carbocycles. The summed E-state index contributed by atoms with van der Waals surface area (Å²) >= 11 is 0.